The van der Waals surface area contributed by atoms with Crippen molar-refractivity contribution in [3.05, 3.63) is 0 Å². The van der Waals surface area contributed by atoms with Crippen molar-refractivity contribution in [2.45, 2.75) is 63.9 Å². The van der Waals surface area contributed by atoms with E-state index in [1.165, 1.54) is 38.2 Å². The van der Waals surface area contributed by atoms with Crippen LogP contribution in [0, 0.1) is 0 Å². The van der Waals surface area contributed by atoms with E-state index in [0.29, 0.717) is 16.5 Å². The first kappa shape index (κ1) is 13.7. The Morgan fingerprint density at radius 2 is 1.65 bits per heavy atom. The van der Waals surface area contributed by atoms with Gasteiger partial charge in [0.25, 0.3) is 0 Å². The highest BCUT2D eigenvalue weighted by molar-refractivity contribution is 8.00. The molecule has 0 saturated carbocycles. The van der Waals surface area contributed by atoms with Gasteiger partial charge in [0.1, 0.15) is 0 Å². The predicted octanol–water partition coefficient (Wildman–Crippen LogP) is 3.03. The number of hydrogen-bond acceptors (Lipinski definition) is 3. The lowest BCUT2D eigenvalue weighted by molar-refractivity contribution is 0.0272. The second-order valence-corrected chi connectivity index (χ2v) is 8.20. The molecule has 3 heteroatoms. The summed E-state index contributed by atoms with van der Waals surface area (Å²) < 4.78 is 0. The molecule has 2 rings (SSSR count). The summed E-state index contributed by atoms with van der Waals surface area (Å²) in [5.41, 5.74) is 0.323. The molecule has 100 valence electrons. The van der Waals surface area contributed by atoms with Crippen LogP contribution < -0.4 is 0 Å². The Bertz CT molecular complexity index is 262. The van der Waals surface area contributed by atoms with Crippen LogP contribution in [0.15, 0.2) is 0 Å². The van der Waals surface area contributed by atoms with E-state index in [9.17, 15) is 0 Å². The maximum atomic E-state index is 2.77. The molecule has 0 atom stereocenters. The zero-order chi connectivity index (χ0) is 12.7. The van der Waals surface area contributed by atoms with Crippen molar-refractivity contribution in [3.8, 4) is 0 Å². The maximum Gasteiger partial charge on any atom is 0.0699 e. The van der Waals surface area contributed by atoms with Gasteiger partial charge in [-0.15, -0.1) is 11.8 Å². The molecule has 0 aromatic carbocycles. The Morgan fingerprint density at radius 3 is 2.12 bits per heavy atom. The van der Waals surface area contributed by atoms with Gasteiger partial charge < -0.3 is 4.90 Å². The van der Waals surface area contributed by atoms with E-state index in [-0.39, 0.29) is 0 Å². The van der Waals surface area contributed by atoms with Gasteiger partial charge in [0.15, 0.2) is 0 Å². The molecule has 17 heavy (non-hydrogen) atoms. The van der Waals surface area contributed by atoms with Crippen LogP contribution in [0.25, 0.3) is 0 Å². The number of nitrogens with zero attached hydrogens (tertiary/aromatic N) is 2. The third-order valence-electron chi connectivity index (χ3n) is 4.30. The lowest BCUT2D eigenvalue weighted by Gasteiger charge is -2.50. The molecule has 2 saturated heterocycles. The second kappa shape index (κ2) is 4.75. The van der Waals surface area contributed by atoms with E-state index in [4.69, 9.17) is 0 Å². The van der Waals surface area contributed by atoms with Crippen LogP contribution >= 0.6 is 11.8 Å². The molecule has 0 N–H and O–H groups in total. The van der Waals surface area contributed by atoms with Crippen LogP contribution in [-0.2, 0) is 0 Å². The minimum absolute atomic E-state index is 0.323. The Morgan fingerprint density at radius 1 is 1.06 bits per heavy atom. The zero-order valence-electron chi connectivity index (χ0n) is 12.1. The van der Waals surface area contributed by atoms with Crippen molar-refractivity contribution in [2.75, 3.05) is 25.4 Å². The van der Waals surface area contributed by atoms with E-state index < -0.39 is 0 Å². The molecule has 2 aliphatic heterocycles. The molecule has 2 nitrogen and oxygen atoms in total. The van der Waals surface area contributed by atoms with Crippen LogP contribution in [0.2, 0.25) is 0 Å². The maximum absolute atomic E-state index is 2.77. The molecule has 0 amide bonds. The van der Waals surface area contributed by atoms with E-state index in [1.54, 1.807) is 0 Å². The quantitative estimate of drug-likeness (QED) is 0.712. The molecule has 2 aliphatic rings. The molecule has 0 radical (unpaired) electrons. The monoisotopic (exact) mass is 256 g/mol. The van der Waals surface area contributed by atoms with Gasteiger partial charge in [-0.3, -0.25) is 4.90 Å². The molecule has 0 aromatic rings. The van der Waals surface area contributed by atoms with Crippen LogP contribution in [0.1, 0.15) is 47.5 Å². The van der Waals surface area contributed by atoms with Crippen molar-refractivity contribution in [2.24, 2.45) is 0 Å². The normalized spacial score (nSPS) is 27.2. The van der Waals surface area contributed by atoms with Crippen LogP contribution in [-0.4, -0.2) is 51.6 Å². The number of likely N-dealkylation sites (tertiary alicyclic amines) is 1. The smallest absolute Gasteiger partial charge is 0.0699 e. The minimum Gasteiger partial charge on any atom is -0.301 e. The van der Waals surface area contributed by atoms with Crippen molar-refractivity contribution in [1.29, 1.82) is 0 Å². The van der Waals surface area contributed by atoms with E-state index in [0.717, 1.165) is 0 Å². The van der Waals surface area contributed by atoms with E-state index in [1.807, 2.05) is 0 Å². The van der Waals surface area contributed by atoms with E-state index >= 15 is 0 Å². The van der Waals surface area contributed by atoms with Crippen LogP contribution in [0.3, 0.4) is 0 Å². The fourth-order valence-electron chi connectivity index (χ4n) is 3.36. The molecule has 0 aliphatic carbocycles. The summed E-state index contributed by atoms with van der Waals surface area (Å²) in [5, 5.41) is 0. The predicted molar refractivity (Wildman–Crippen MR) is 77.6 cm³/mol. The summed E-state index contributed by atoms with van der Waals surface area (Å²) in [4.78, 5) is 5.84. The van der Waals surface area contributed by atoms with Gasteiger partial charge in [-0.25, -0.2) is 0 Å². The molecule has 2 heterocycles. The minimum atomic E-state index is 0.323. The van der Waals surface area contributed by atoms with E-state index in [2.05, 4.69) is 56.2 Å². The summed E-state index contributed by atoms with van der Waals surface area (Å²) in [7, 11) is 0. The van der Waals surface area contributed by atoms with Gasteiger partial charge in [0.2, 0.25) is 0 Å². The van der Waals surface area contributed by atoms with Crippen LogP contribution in [0.4, 0.5) is 0 Å². The van der Waals surface area contributed by atoms with Gasteiger partial charge in [-0.05, 0) is 47.5 Å². The van der Waals surface area contributed by atoms with Crippen LogP contribution in [0.5, 0.6) is 0 Å². The summed E-state index contributed by atoms with van der Waals surface area (Å²) in [5.74, 6) is 1.32. The lowest BCUT2D eigenvalue weighted by Crippen LogP contribution is -2.57. The molecule has 0 bridgehead atoms. The highest BCUT2D eigenvalue weighted by Crippen LogP contribution is 2.47. The first-order valence-electron chi connectivity index (χ1n) is 7.01. The van der Waals surface area contributed by atoms with Gasteiger partial charge >= 0.3 is 0 Å². The Hall–Kier alpha value is 0.270. The number of thioether (sulfide) groups is 1. The van der Waals surface area contributed by atoms with Gasteiger partial charge in [0.05, 0.1) is 4.87 Å². The largest absolute Gasteiger partial charge is 0.301 e. The summed E-state index contributed by atoms with van der Waals surface area (Å²) in [6, 6.07) is 0.710. The van der Waals surface area contributed by atoms with Crippen molar-refractivity contribution < 1.29 is 0 Å². The zero-order valence-corrected chi connectivity index (χ0v) is 12.9. The molecule has 1 spiro atoms. The van der Waals surface area contributed by atoms with Gasteiger partial charge in [-0.1, -0.05) is 0 Å². The number of hydrogen-bond donors (Lipinski definition) is 0. The SMILES string of the molecule is CC(C)N1CCC2(CC1)SCCN2C(C)(C)C. The topological polar surface area (TPSA) is 6.48 Å². The fraction of sp³-hybridized carbons (Fsp3) is 1.00. The van der Waals surface area contributed by atoms with Crippen molar-refractivity contribution in [3.63, 3.8) is 0 Å². The number of piperidine rings is 1. The number of rotatable bonds is 1. The first-order valence-corrected chi connectivity index (χ1v) is 7.99. The Balaban J connectivity index is 2.06. The molecular weight excluding hydrogens is 228 g/mol. The average molecular weight is 256 g/mol. The summed E-state index contributed by atoms with van der Waals surface area (Å²) >= 11 is 2.21. The molecular formula is C14H28N2S. The Labute approximate surface area is 111 Å². The second-order valence-electron chi connectivity index (χ2n) is 6.75. The summed E-state index contributed by atoms with van der Waals surface area (Å²) in [6.45, 7) is 15.6. The fourth-order valence-corrected chi connectivity index (χ4v) is 5.01. The van der Waals surface area contributed by atoms with Gasteiger partial charge in [-0.2, -0.15) is 0 Å². The Kier molecular flexibility index (Phi) is 3.82. The summed E-state index contributed by atoms with van der Waals surface area (Å²) in [6.07, 6.45) is 2.68. The molecule has 0 aromatic heterocycles. The highest BCUT2D eigenvalue weighted by atomic mass is 32.2. The molecule has 0 unspecified atom stereocenters. The lowest BCUT2D eigenvalue weighted by atomic mass is 9.95. The van der Waals surface area contributed by atoms with Gasteiger partial charge in [0, 0.05) is 37.0 Å². The first-order chi connectivity index (χ1) is 7.85. The van der Waals surface area contributed by atoms with Crippen molar-refractivity contribution in [1.82, 2.24) is 9.80 Å². The average Bonchev–Trinajstić information content (AvgIpc) is 2.62. The third-order valence-corrected chi connectivity index (χ3v) is 5.85. The highest BCUT2D eigenvalue weighted by Gasteiger charge is 2.47. The van der Waals surface area contributed by atoms with Crippen molar-refractivity contribution >= 4 is 11.8 Å². The standard InChI is InChI=1S/C14H28N2S/c1-12(2)15-8-6-14(7-9-15)16(10-11-17-14)13(3,4)5/h12H,6-11H2,1-5H3. The third kappa shape index (κ3) is 2.66. The molecule has 2 fully saturated rings.